The number of aromatic nitrogens is 2. The summed E-state index contributed by atoms with van der Waals surface area (Å²) in [6.45, 7) is 8.72. The average Bonchev–Trinajstić information content (AvgIpc) is 3.14. The van der Waals surface area contributed by atoms with Crippen LogP contribution in [0.2, 0.25) is 0 Å². The Morgan fingerprint density at radius 2 is 1.61 bits per heavy atom. The number of hydrogen-bond acceptors (Lipinski definition) is 4. The van der Waals surface area contributed by atoms with Crippen molar-refractivity contribution in [2.24, 2.45) is 0 Å². The minimum absolute atomic E-state index is 0.166. The Morgan fingerprint density at radius 3 is 2.23 bits per heavy atom. The number of unbranched alkanes of at least 4 members (excludes halogenated alkanes) is 7. The fraction of sp³-hybridized carbons (Fsp3) is 0.625. The molecule has 0 saturated heterocycles. The Morgan fingerprint density at radius 1 is 1.00 bits per heavy atom. The van der Waals surface area contributed by atoms with Gasteiger partial charge < -0.3 is 4.74 Å². The molecule has 0 aliphatic rings. The smallest absolute Gasteiger partial charge is 0.302 e. The maximum Gasteiger partial charge on any atom is 0.302 e. The maximum atomic E-state index is 12.5. The third kappa shape index (κ3) is 8.65. The number of ether oxygens (including phenoxy) is 1. The lowest BCUT2D eigenvalue weighted by atomic mass is 10.1. The highest BCUT2D eigenvalue weighted by molar-refractivity contribution is 7.89. The lowest BCUT2D eigenvalue weighted by Gasteiger charge is -2.17. The number of imidazole rings is 1. The summed E-state index contributed by atoms with van der Waals surface area (Å²) in [5, 5.41) is 0. The summed E-state index contributed by atoms with van der Waals surface area (Å²) in [4.78, 5) is 4.38. The molecule has 1 atom stereocenters. The molecule has 0 radical (unpaired) electrons. The second-order valence-corrected chi connectivity index (χ2v) is 10.1. The molecule has 31 heavy (non-hydrogen) atoms. The van der Waals surface area contributed by atoms with Crippen LogP contribution in [0.4, 0.5) is 0 Å². The van der Waals surface area contributed by atoms with Gasteiger partial charge >= 0.3 is 6.01 Å². The quantitative estimate of drug-likeness (QED) is 0.332. The predicted molar refractivity (Wildman–Crippen MR) is 127 cm³/mol. The molecule has 0 amide bonds. The number of hydrogen-bond donors (Lipinski definition) is 1. The van der Waals surface area contributed by atoms with Crippen molar-refractivity contribution in [3.05, 3.63) is 41.7 Å². The second-order valence-electron chi connectivity index (χ2n) is 8.26. The highest BCUT2D eigenvalue weighted by Gasteiger charge is 2.21. The number of nitrogens with zero attached hydrogens (tertiary/aromatic N) is 2. The van der Waals surface area contributed by atoms with Crippen LogP contribution in [0.1, 0.15) is 89.4 Å². The van der Waals surface area contributed by atoms with Gasteiger partial charge in [0.25, 0.3) is 0 Å². The predicted octanol–water partition coefficient (Wildman–Crippen LogP) is 6.12. The van der Waals surface area contributed by atoms with Crippen LogP contribution in [-0.2, 0) is 16.6 Å². The molecular weight excluding hydrogens is 410 g/mol. The van der Waals surface area contributed by atoms with Crippen LogP contribution >= 0.6 is 0 Å². The van der Waals surface area contributed by atoms with E-state index >= 15 is 0 Å². The molecule has 6 nitrogen and oxygen atoms in total. The number of nitrogens with one attached hydrogen (secondary N) is 1. The van der Waals surface area contributed by atoms with Gasteiger partial charge in [0, 0.05) is 6.54 Å². The Labute approximate surface area is 188 Å². The summed E-state index contributed by atoms with van der Waals surface area (Å²) in [5.74, 6) is 0.875. The van der Waals surface area contributed by atoms with Gasteiger partial charge in [0.2, 0.25) is 10.0 Å². The summed E-state index contributed by atoms with van der Waals surface area (Å²) in [6, 6.07) is 7.87. The van der Waals surface area contributed by atoms with E-state index in [1.807, 2.05) is 49.6 Å². The molecule has 0 fully saturated rings. The summed E-state index contributed by atoms with van der Waals surface area (Å²) < 4.78 is 35.7. The van der Waals surface area contributed by atoms with Gasteiger partial charge in [-0.25, -0.2) is 18.1 Å². The number of aryl methyl sites for hydroxylation is 1. The average molecular weight is 450 g/mol. The van der Waals surface area contributed by atoms with Gasteiger partial charge in [-0.3, -0.25) is 4.57 Å². The number of sulfonamides is 1. The van der Waals surface area contributed by atoms with Crippen LogP contribution in [0.25, 0.3) is 0 Å². The van der Waals surface area contributed by atoms with Gasteiger partial charge in [0.1, 0.15) is 5.75 Å². The summed E-state index contributed by atoms with van der Waals surface area (Å²) in [7, 11) is -3.34. The molecule has 1 aromatic carbocycles. The SMILES string of the molecule is CCCCCCCCCCS(=O)(=O)NC(C)c1cnc(Oc2ccc(C)cc2)n1CC. The third-order valence-corrected chi connectivity index (χ3v) is 7.00. The molecule has 0 saturated carbocycles. The van der Waals surface area contributed by atoms with Crippen molar-refractivity contribution < 1.29 is 13.2 Å². The van der Waals surface area contributed by atoms with E-state index in [0.29, 0.717) is 24.7 Å². The molecule has 174 valence electrons. The zero-order valence-corrected chi connectivity index (χ0v) is 20.4. The van der Waals surface area contributed by atoms with Crippen molar-refractivity contribution in [2.75, 3.05) is 5.75 Å². The van der Waals surface area contributed by atoms with Gasteiger partial charge in [0.15, 0.2) is 0 Å². The zero-order chi connectivity index (χ0) is 22.7. The molecular formula is C24H39N3O3S. The van der Waals surface area contributed by atoms with Gasteiger partial charge in [-0.05, 0) is 39.3 Å². The first kappa shape index (κ1) is 25.4. The van der Waals surface area contributed by atoms with E-state index in [0.717, 1.165) is 24.1 Å². The van der Waals surface area contributed by atoms with E-state index in [1.165, 1.54) is 32.1 Å². The maximum absolute atomic E-state index is 12.5. The van der Waals surface area contributed by atoms with Crippen molar-refractivity contribution in [3.63, 3.8) is 0 Å². The highest BCUT2D eigenvalue weighted by atomic mass is 32.2. The van der Waals surface area contributed by atoms with Crippen LogP contribution in [-0.4, -0.2) is 23.7 Å². The van der Waals surface area contributed by atoms with Crippen molar-refractivity contribution >= 4 is 10.0 Å². The minimum Gasteiger partial charge on any atom is -0.426 e. The first-order valence-corrected chi connectivity index (χ1v) is 13.3. The molecule has 0 bridgehead atoms. The molecule has 0 aliphatic carbocycles. The lowest BCUT2D eigenvalue weighted by Crippen LogP contribution is -2.30. The Balaban J connectivity index is 1.87. The molecule has 1 aromatic heterocycles. The van der Waals surface area contributed by atoms with Crippen LogP contribution < -0.4 is 9.46 Å². The third-order valence-electron chi connectivity index (χ3n) is 5.46. The van der Waals surface area contributed by atoms with Gasteiger partial charge in [-0.1, -0.05) is 69.6 Å². The second kappa shape index (κ2) is 12.9. The topological polar surface area (TPSA) is 73.2 Å². The molecule has 0 spiro atoms. The van der Waals surface area contributed by atoms with Crippen LogP contribution in [0.5, 0.6) is 11.8 Å². The van der Waals surface area contributed by atoms with E-state index in [-0.39, 0.29) is 11.8 Å². The normalized spacial score (nSPS) is 12.8. The van der Waals surface area contributed by atoms with E-state index in [2.05, 4.69) is 16.6 Å². The molecule has 1 N–H and O–H groups in total. The number of benzene rings is 1. The Kier molecular flexibility index (Phi) is 10.5. The van der Waals surface area contributed by atoms with E-state index in [9.17, 15) is 8.42 Å². The number of rotatable bonds is 15. The molecule has 2 rings (SSSR count). The molecule has 2 aromatic rings. The first-order valence-electron chi connectivity index (χ1n) is 11.7. The molecule has 1 heterocycles. The Hall–Kier alpha value is -1.86. The van der Waals surface area contributed by atoms with Gasteiger partial charge in [-0.15, -0.1) is 0 Å². The first-order chi connectivity index (χ1) is 14.9. The fourth-order valence-electron chi connectivity index (χ4n) is 3.64. The Bertz CT molecular complexity index is 876. The summed E-state index contributed by atoms with van der Waals surface area (Å²) in [5.41, 5.74) is 1.95. The van der Waals surface area contributed by atoms with Crippen molar-refractivity contribution in [2.45, 2.75) is 91.6 Å². The van der Waals surface area contributed by atoms with Crippen LogP contribution in [0, 0.1) is 6.92 Å². The summed E-state index contributed by atoms with van der Waals surface area (Å²) >= 11 is 0. The van der Waals surface area contributed by atoms with Gasteiger partial charge in [0.05, 0.1) is 23.7 Å². The van der Waals surface area contributed by atoms with E-state index in [1.54, 1.807) is 6.20 Å². The van der Waals surface area contributed by atoms with E-state index in [4.69, 9.17) is 4.74 Å². The van der Waals surface area contributed by atoms with Gasteiger partial charge in [-0.2, -0.15) is 0 Å². The van der Waals surface area contributed by atoms with Crippen LogP contribution in [0.15, 0.2) is 30.5 Å². The van der Waals surface area contributed by atoms with Crippen LogP contribution in [0.3, 0.4) is 0 Å². The molecule has 1 unspecified atom stereocenters. The zero-order valence-electron chi connectivity index (χ0n) is 19.6. The fourth-order valence-corrected chi connectivity index (χ4v) is 5.00. The van der Waals surface area contributed by atoms with Crippen molar-refractivity contribution in [3.8, 4) is 11.8 Å². The van der Waals surface area contributed by atoms with Crippen molar-refractivity contribution in [1.82, 2.24) is 14.3 Å². The standard InChI is InChI=1S/C24H39N3O3S/c1-5-7-8-9-10-11-12-13-18-31(28,29)26-21(4)23-19-25-24(27(23)6-2)30-22-16-14-20(3)15-17-22/h14-17,19,21,26H,5-13,18H2,1-4H3. The monoisotopic (exact) mass is 449 g/mol. The minimum atomic E-state index is -3.34. The molecule has 0 aliphatic heterocycles. The highest BCUT2D eigenvalue weighted by Crippen LogP contribution is 2.25. The van der Waals surface area contributed by atoms with Crippen molar-refractivity contribution in [1.29, 1.82) is 0 Å². The molecule has 7 heteroatoms. The summed E-state index contributed by atoms with van der Waals surface area (Å²) in [6.07, 6.45) is 10.7. The largest absolute Gasteiger partial charge is 0.426 e. The lowest BCUT2D eigenvalue weighted by molar-refractivity contribution is 0.408. The van der Waals surface area contributed by atoms with E-state index < -0.39 is 10.0 Å².